The van der Waals surface area contributed by atoms with E-state index in [1.165, 1.54) is 78.3 Å². The van der Waals surface area contributed by atoms with Crippen LogP contribution in [-0.4, -0.2) is 136 Å². The number of aromatic hydroxyl groups is 1. The summed E-state index contributed by atoms with van der Waals surface area (Å²) in [4.78, 5) is 101. The fourth-order valence-corrected chi connectivity index (χ4v) is 11.2. The maximum Gasteiger partial charge on any atom is 0.341 e. The van der Waals surface area contributed by atoms with Crippen LogP contribution in [0.15, 0.2) is 64.6 Å². The lowest BCUT2D eigenvalue weighted by atomic mass is 9.78. The van der Waals surface area contributed by atoms with Gasteiger partial charge in [-0.15, -0.1) is 0 Å². The zero-order chi connectivity index (χ0) is 56.4. The number of likely N-dealkylation sites (N-methyl/N-ethyl adjacent to an activating group) is 1. The van der Waals surface area contributed by atoms with Crippen LogP contribution < -0.4 is 25.1 Å². The van der Waals surface area contributed by atoms with Crippen LogP contribution in [0.5, 0.6) is 17.2 Å². The topological polar surface area (TPSA) is 270 Å². The van der Waals surface area contributed by atoms with Crippen LogP contribution in [0.25, 0.3) is 10.9 Å². The van der Waals surface area contributed by atoms with Crippen LogP contribution in [0.2, 0.25) is 0 Å². The summed E-state index contributed by atoms with van der Waals surface area (Å²) in [6.45, 7) is 12.2. The Morgan fingerprint density at radius 3 is 2.25 bits per heavy atom. The molecule has 1 unspecified atom stereocenters. The number of carbonyl (C=O) groups is 6. The van der Waals surface area contributed by atoms with Gasteiger partial charge in [-0.25, -0.2) is 9.18 Å². The van der Waals surface area contributed by atoms with Crippen LogP contribution in [0.3, 0.4) is 0 Å². The zero-order valence-electron chi connectivity index (χ0n) is 44.8. The highest BCUT2D eigenvalue weighted by Gasteiger charge is 2.53. The number of aliphatic hydroxyl groups excluding tert-OH is 2. The van der Waals surface area contributed by atoms with E-state index < -0.39 is 134 Å². The van der Waals surface area contributed by atoms with Crippen molar-refractivity contribution in [3.8, 4) is 17.2 Å². The van der Waals surface area contributed by atoms with Gasteiger partial charge in [-0.05, 0) is 45.3 Å². The second kappa shape index (κ2) is 21.2. The van der Waals surface area contributed by atoms with Crippen molar-refractivity contribution in [3.63, 3.8) is 0 Å². The largest absolute Gasteiger partial charge is 0.507 e. The number of benzene rings is 2. The molecule has 3 aromatic rings. The lowest BCUT2D eigenvalue weighted by Gasteiger charge is -2.38. The fourth-order valence-electron chi connectivity index (χ4n) is 11.2. The average Bonchev–Trinajstić information content (AvgIpc) is 4.19. The van der Waals surface area contributed by atoms with Crippen molar-refractivity contribution in [2.24, 2.45) is 23.7 Å². The maximum absolute atomic E-state index is 16.6. The van der Waals surface area contributed by atoms with Gasteiger partial charge in [0.2, 0.25) is 17.0 Å². The molecular formula is C56H65FN4O16. The third-order valence-corrected chi connectivity index (χ3v) is 15.9. The van der Waals surface area contributed by atoms with Crippen molar-refractivity contribution >= 4 is 51.8 Å². The first-order valence-corrected chi connectivity index (χ1v) is 25.5. The number of methoxy groups -OCH3 is 2. The van der Waals surface area contributed by atoms with Crippen LogP contribution in [-0.2, 0) is 23.8 Å². The smallest absolute Gasteiger partial charge is 0.341 e. The molecule has 2 aromatic carbocycles. The van der Waals surface area contributed by atoms with Gasteiger partial charge in [0.15, 0.2) is 11.6 Å². The number of rotatable bonds is 8. The molecule has 0 radical (unpaired) electrons. The molecule has 1 saturated heterocycles. The molecule has 5 N–H and O–H groups in total. The third-order valence-electron chi connectivity index (χ3n) is 15.9. The number of Topliss-reactive ketones (excluding diaryl/α,β-unsaturated/α-hetero) is 3. The summed E-state index contributed by atoms with van der Waals surface area (Å²) in [6.07, 6.45) is 5.74. The van der Waals surface area contributed by atoms with Crippen molar-refractivity contribution in [3.05, 3.63) is 104 Å². The first kappa shape index (κ1) is 55.9. The molecular weight excluding hydrogens is 1000 g/mol. The highest BCUT2D eigenvalue weighted by molar-refractivity contribution is 6.32. The van der Waals surface area contributed by atoms with E-state index in [9.17, 15) is 44.4 Å². The fraction of sp³-hybridized carbons (Fsp3) is 0.482. The minimum Gasteiger partial charge on any atom is -0.507 e. The number of carboxylic acids is 1. The van der Waals surface area contributed by atoms with Gasteiger partial charge in [0.1, 0.15) is 40.2 Å². The first-order valence-electron chi connectivity index (χ1n) is 25.5. The Bertz CT molecular complexity index is 3190. The zero-order valence-corrected chi connectivity index (χ0v) is 44.8. The number of allylic oxidation sites excluding steroid dienone is 4. The molecule has 10 atom stereocenters. The van der Waals surface area contributed by atoms with E-state index in [1.807, 2.05) is 0 Å². The number of aromatic nitrogens is 1. The van der Waals surface area contributed by atoms with Gasteiger partial charge >= 0.3 is 17.7 Å². The summed E-state index contributed by atoms with van der Waals surface area (Å²) in [6, 6.07) is 0.0942. The second-order valence-corrected chi connectivity index (χ2v) is 21.0. The van der Waals surface area contributed by atoms with E-state index in [0.29, 0.717) is 12.8 Å². The van der Waals surface area contributed by atoms with Crippen LogP contribution in [0.1, 0.15) is 121 Å². The molecule has 21 heteroatoms. The Balaban J connectivity index is 1.23. The molecule has 9 rings (SSSR count). The quantitative estimate of drug-likeness (QED) is 0.170. The molecule has 0 spiro atoms. The van der Waals surface area contributed by atoms with Gasteiger partial charge in [-0.3, -0.25) is 28.8 Å². The maximum atomic E-state index is 16.6. The number of nitrogens with one attached hydrogen (secondary N) is 1. The predicted octanol–water partition coefficient (Wildman–Crippen LogP) is 5.66. The molecule has 1 saturated carbocycles. The van der Waals surface area contributed by atoms with Crippen LogP contribution >= 0.6 is 0 Å². The Morgan fingerprint density at radius 2 is 1.62 bits per heavy atom. The van der Waals surface area contributed by atoms with E-state index in [-0.39, 0.29) is 76.0 Å². The van der Waals surface area contributed by atoms with Gasteiger partial charge in [-0.1, -0.05) is 45.9 Å². The van der Waals surface area contributed by atoms with E-state index in [4.69, 9.17) is 23.7 Å². The molecule has 2 aliphatic carbocycles. The lowest BCUT2D eigenvalue weighted by Crippen LogP contribution is -2.46. The Kier molecular flexibility index (Phi) is 15.4. The monoisotopic (exact) mass is 1070 g/mol. The molecule has 1 aromatic heterocycles. The number of aromatic carboxylic acids is 1. The Hall–Kier alpha value is -7.36. The van der Waals surface area contributed by atoms with Gasteiger partial charge in [0.25, 0.3) is 11.7 Å². The van der Waals surface area contributed by atoms with Gasteiger partial charge in [0.05, 0.1) is 59.3 Å². The molecule has 2 fully saturated rings. The summed E-state index contributed by atoms with van der Waals surface area (Å²) in [7, 11) is 4.20. The number of carboxylic acid groups (broad SMARTS) is 1. The van der Waals surface area contributed by atoms with E-state index in [1.54, 1.807) is 43.2 Å². The van der Waals surface area contributed by atoms with Crippen molar-refractivity contribution in [2.75, 3.05) is 39.3 Å². The number of esters is 1. The molecule has 1 amide bonds. The third kappa shape index (κ3) is 9.77. The Labute approximate surface area is 443 Å². The van der Waals surface area contributed by atoms with Crippen molar-refractivity contribution in [2.45, 2.75) is 117 Å². The number of pyridine rings is 1. The summed E-state index contributed by atoms with van der Waals surface area (Å²) >= 11 is 0. The molecule has 6 aliphatic rings. The number of fused-ring (bicyclic) bond motifs is 15. The van der Waals surface area contributed by atoms with Crippen molar-refractivity contribution < 1.29 is 77.3 Å². The minimum atomic E-state index is -2.21. The van der Waals surface area contributed by atoms with E-state index in [2.05, 4.69) is 5.32 Å². The average molecular weight is 1070 g/mol. The number of anilines is 1. The number of phenolic OH excluding ortho intramolecular Hbond substituents is 1. The summed E-state index contributed by atoms with van der Waals surface area (Å²) in [5.41, 5.74) is -3.66. The first-order chi connectivity index (χ1) is 36.3. The SMILES string of the molecule is COc1c(N2CCC(N(C)C3=C4NC(=O)C(C)=CC=C[C@H](C)[C@H](O)[C@@H](C)[C@@H](O)[C@@H](C)[C@H](OC(C)=O)[C@H](C)[C@@H](OC)C=CO[C@@]5(C)Oc6c(C)c(O)c(c(c6C5=O)C3=O)C4=O)C2)c(F)cc2c(=O)c(C(=O)O)cn(C3CC3)c12. The van der Waals surface area contributed by atoms with Crippen LogP contribution in [0, 0.1) is 36.4 Å². The number of carbonyl (C=O) groups excluding carboxylic acids is 5. The summed E-state index contributed by atoms with van der Waals surface area (Å²) in [5, 5.41) is 47.3. The molecule has 5 bridgehead atoms. The number of ether oxygens (including phenoxy) is 5. The predicted molar refractivity (Wildman–Crippen MR) is 277 cm³/mol. The number of phenols is 1. The van der Waals surface area contributed by atoms with E-state index in [0.717, 1.165) is 12.3 Å². The molecule has 77 heavy (non-hydrogen) atoms. The number of hydrogen-bond donors (Lipinski definition) is 5. The number of amides is 1. The molecule has 5 heterocycles. The number of halogens is 1. The van der Waals surface area contributed by atoms with Crippen molar-refractivity contribution in [1.29, 1.82) is 0 Å². The molecule has 20 nitrogen and oxygen atoms in total. The summed E-state index contributed by atoms with van der Waals surface area (Å²) < 4.78 is 47.8. The second-order valence-electron chi connectivity index (χ2n) is 21.0. The minimum absolute atomic E-state index is 0.0159. The summed E-state index contributed by atoms with van der Waals surface area (Å²) in [5.74, 6) is -12.7. The van der Waals surface area contributed by atoms with E-state index >= 15 is 14.0 Å². The highest BCUT2D eigenvalue weighted by Crippen LogP contribution is 2.50. The van der Waals surface area contributed by atoms with Gasteiger partial charge in [-0.2, -0.15) is 0 Å². The molecule has 412 valence electrons. The van der Waals surface area contributed by atoms with Crippen molar-refractivity contribution in [1.82, 2.24) is 14.8 Å². The number of aliphatic hydroxyl groups is 2. The number of ketones is 3. The van der Waals surface area contributed by atoms with Gasteiger partial charge < -0.3 is 63.8 Å². The number of hydrogen-bond acceptors (Lipinski definition) is 17. The lowest BCUT2D eigenvalue weighted by molar-refractivity contribution is -0.160. The van der Waals surface area contributed by atoms with Gasteiger partial charge in [0, 0.05) is 94.2 Å². The number of nitrogens with zero attached hydrogens (tertiary/aromatic N) is 3. The normalized spacial score (nSPS) is 28.1. The molecule has 4 aliphatic heterocycles. The Morgan fingerprint density at radius 1 is 0.935 bits per heavy atom. The van der Waals surface area contributed by atoms with Crippen LogP contribution in [0.4, 0.5) is 10.1 Å². The highest BCUT2D eigenvalue weighted by atomic mass is 19.1. The standard InChI is InChI=1S/C56H65FN4O16/c1-24-13-12-14-25(2)54(70)58-40-43(59(9)32-17-19-60(22-32)42-35(57)21-33-41(52(42)74-11)61(31-15-16-31)23-34(47(33)66)55(71)72)49(68)37-38(48(40)67)46(65)29(6)51-39(37)53(69)56(8,77-51)75-20-18-36(73-10)26(3)50(76-30(7)62)28(5)45(64)27(4)44(24)63/h12-14,18,20-21,23-24,26-28,31-32,36,44-45,50,63-65H,15-17,19,22H2,1-11H3,(H,58,70)(H,71,72)/t24-,26+,27+,28+,32?,36-,44-,45+,50+,56-/m0/s1.